The Morgan fingerprint density at radius 3 is 2.33 bits per heavy atom. The van der Waals surface area contributed by atoms with Crippen molar-refractivity contribution in [1.82, 2.24) is 0 Å². The van der Waals surface area contributed by atoms with Gasteiger partial charge < -0.3 is 5.11 Å². The van der Waals surface area contributed by atoms with Crippen molar-refractivity contribution in [1.29, 1.82) is 0 Å². The molecular formula is C16H13F3O2. The number of benzene rings is 2. The second-order valence-corrected chi connectivity index (χ2v) is 4.65. The molecule has 2 nitrogen and oxygen atoms in total. The molecule has 0 bridgehead atoms. The van der Waals surface area contributed by atoms with Gasteiger partial charge in [-0.1, -0.05) is 48.5 Å². The number of hydrogen-bond acceptors (Lipinski definition) is 2. The van der Waals surface area contributed by atoms with Crippen LogP contribution in [0.1, 0.15) is 22.8 Å². The first-order valence-electron chi connectivity index (χ1n) is 6.30. The van der Waals surface area contributed by atoms with Gasteiger partial charge in [0.1, 0.15) is 6.10 Å². The van der Waals surface area contributed by atoms with Gasteiger partial charge in [0.05, 0.1) is 5.56 Å². The van der Waals surface area contributed by atoms with Crippen LogP contribution >= 0.6 is 0 Å². The topological polar surface area (TPSA) is 37.3 Å². The molecule has 0 aliphatic carbocycles. The molecule has 110 valence electrons. The third-order valence-corrected chi connectivity index (χ3v) is 3.05. The van der Waals surface area contributed by atoms with Crippen molar-refractivity contribution in [3.8, 4) is 0 Å². The highest BCUT2D eigenvalue weighted by atomic mass is 19.4. The molecule has 0 aromatic heterocycles. The maximum absolute atomic E-state index is 12.6. The lowest BCUT2D eigenvalue weighted by atomic mass is 9.99. The molecule has 21 heavy (non-hydrogen) atoms. The number of rotatable bonds is 4. The SMILES string of the molecule is O=C(Cc1cccc(C(F)(F)F)c1)C(O)c1ccccc1. The molecule has 2 rings (SSSR count). The van der Waals surface area contributed by atoms with Crippen molar-refractivity contribution in [2.45, 2.75) is 18.7 Å². The fraction of sp³-hybridized carbons (Fsp3) is 0.188. The van der Waals surface area contributed by atoms with E-state index in [9.17, 15) is 23.1 Å². The summed E-state index contributed by atoms with van der Waals surface area (Å²) in [5, 5.41) is 9.91. The van der Waals surface area contributed by atoms with E-state index in [1.54, 1.807) is 30.3 Å². The Kier molecular flexibility index (Phi) is 4.43. The summed E-state index contributed by atoms with van der Waals surface area (Å²) >= 11 is 0. The molecule has 0 spiro atoms. The fourth-order valence-electron chi connectivity index (χ4n) is 1.98. The molecular weight excluding hydrogens is 281 g/mol. The maximum atomic E-state index is 12.6. The van der Waals surface area contributed by atoms with Crippen molar-refractivity contribution in [3.05, 3.63) is 71.3 Å². The molecule has 1 unspecified atom stereocenters. The third kappa shape index (κ3) is 3.92. The summed E-state index contributed by atoms with van der Waals surface area (Å²) in [7, 11) is 0. The van der Waals surface area contributed by atoms with Crippen molar-refractivity contribution < 1.29 is 23.1 Å². The van der Waals surface area contributed by atoms with Gasteiger partial charge in [0.2, 0.25) is 0 Å². The second-order valence-electron chi connectivity index (χ2n) is 4.65. The number of carbonyl (C=O) groups excluding carboxylic acids is 1. The first-order chi connectivity index (χ1) is 9.88. The third-order valence-electron chi connectivity index (χ3n) is 3.05. The smallest absolute Gasteiger partial charge is 0.381 e. The van der Waals surface area contributed by atoms with Crippen LogP contribution in [-0.2, 0) is 17.4 Å². The number of Topliss-reactive ketones (excluding diaryl/α,β-unsaturated/α-hetero) is 1. The van der Waals surface area contributed by atoms with Crippen LogP contribution in [0.2, 0.25) is 0 Å². The van der Waals surface area contributed by atoms with Crippen LogP contribution in [0.25, 0.3) is 0 Å². The van der Waals surface area contributed by atoms with E-state index in [-0.39, 0.29) is 12.0 Å². The van der Waals surface area contributed by atoms with Gasteiger partial charge in [0, 0.05) is 6.42 Å². The fourth-order valence-corrected chi connectivity index (χ4v) is 1.98. The first kappa shape index (κ1) is 15.3. The van der Waals surface area contributed by atoms with Gasteiger partial charge in [0.15, 0.2) is 5.78 Å². The van der Waals surface area contributed by atoms with Crippen molar-refractivity contribution in [2.75, 3.05) is 0 Å². The van der Waals surface area contributed by atoms with Crippen molar-refractivity contribution in [3.63, 3.8) is 0 Å². The zero-order valence-corrected chi connectivity index (χ0v) is 11.0. The van der Waals surface area contributed by atoms with E-state index in [1.807, 2.05) is 0 Å². The summed E-state index contributed by atoms with van der Waals surface area (Å²) in [6, 6.07) is 12.8. The lowest BCUT2D eigenvalue weighted by molar-refractivity contribution is -0.137. The molecule has 1 atom stereocenters. The Balaban J connectivity index is 2.13. The number of aliphatic hydroxyl groups is 1. The summed E-state index contributed by atoms with van der Waals surface area (Å²) in [6.07, 6.45) is -6.03. The number of hydrogen-bond donors (Lipinski definition) is 1. The standard InChI is InChI=1S/C16H13F3O2/c17-16(18,19)13-8-4-5-11(9-13)10-14(20)15(21)12-6-2-1-3-7-12/h1-9,15,21H,10H2. The maximum Gasteiger partial charge on any atom is 0.416 e. The quantitative estimate of drug-likeness (QED) is 0.936. The van der Waals surface area contributed by atoms with Crippen LogP contribution in [0.5, 0.6) is 0 Å². The van der Waals surface area contributed by atoms with Crippen LogP contribution in [0.4, 0.5) is 13.2 Å². The number of aliphatic hydroxyl groups excluding tert-OH is 1. The van der Waals surface area contributed by atoms with Crippen LogP contribution < -0.4 is 0 Å². The summed E-state index contributed by atoms with van der Waals surface area (Å²) in [5.74, 6) is -0.541. The highest BCUT2D eigenvalue weighted by Crippen LogP contribution is 2.29. The average Bonchev–Trinajstić information content (AvgIpc) is 2.47. The Morgan fingerprint density at radius 1 is 1.05 bits per heavy atom. The van der Waals surface area contributed by atoms with Crippen LogP contribution in [0.15, 0.2) is 54.6 Å². The number of ketones is 1. The van der Waals surface area contributed by atoms with Crippen LogP contribution in [0, 0.1) is 0 Å². The molecule has 0 fully saturated rings. The molecule has 0 amide bonds. The van der Waals surface area contributed by atoms with Crippen molar-refractivity contribution in [2.24, 2.45) is 0 Å². The minimum atomic E-state index is -4.45. The van der Waals surface area contributed by atoms with E-state index in [0.29, 0.717) is 5.56 Å². The molecule has 0 aliphatic heterocycles. The van der Waals surface area contributed by atoms with E-state index < -0.39 is 23.6 Å². The molecule has 0 heterocycles. The predicted molar refractivity (Wildman–Crippen MR) is 71.6 cm³/mol. The summed E-state index contributed by atoms with van der Waals surface area (Å²) in [5.41, 5.74) is -0.152. The Hall–Kier alpha value is -2.14. The van der Waals surface area contributed by atoms with Gasteiger partial charge in [-0.05, 0) is 17.2 Å². The zero-order chi connectivity index (χ0) is 15.5. The summed E-state index contributed by atoms with van der Waals surface area (Å²) < 4.78 is 37.8. The van der Waals surface area contributed by atoms with Gasteiger partial charge in [-0.25, -0.2) is 0 Å². The molecule has 2 aromatic rings. The first-order valence-corrected chi connectivity index (χ1v) is 6.30. The van der Waals surface area contributed by atoms with Crippen LogP contribution in [-0.4, -0.2) is 10.9 Å². The van der Waals surface area contributed by atoms with Gasteiger partial charge in [-0.3, -0.25) is 4.79 Å². The zero-order valence-electron chi connectivity index (χ0n) is 11.0. The highest BCUT2D eigenvalue weighted by molar-refractivity contribution is 5.86. The lowest BCUT2D eigenvalue weighted by Crippen LogP contribution is -2.15. The molecule has 5 heteroatoms. The van der Waals surface area contributed by atoms with E-state index in [4.69, 9.17) is 0 Å². The molecule has 2 aromatic carbocycles. The molecule has 1 N–H and O–H groups in total. The molecule has 0 radical (unpaired) electrons. The second kappa shape index (κ2) is 6.10. The van der Waals surface area contributed by atoms with Gasteiger partial charge >= 0.3 is 6.18 Å². The molecule has 0 aliphatic rings. The van der Waals surface area contributed by atoms with Gasteiger partial charge in [-0.2, -0.15) is 13.2 Å². The van der Waals surface area contributed by atoms with Gasteiger partial charge in [-0.15, -0.1) is 0 Å². The average molecular weight is 294 g/mol. The Bertz CT molecular complexity index is 621. The number of carbonyl (C=O) groups is 1. The van der Waals surface area contributed by atoms with E-state index in [1.165, 1.54) is 12.1 Å². The largest absolute Gasteiger partial charge is 0.416 e. The summed E-state index contributed by atoms with van der Waals surface area (Å²) in [6.45, 7) is 0. The normalized spacial score (nSPS) is 13.0. The minimum absolute atomic E-state index is 0.227. The van der Waals surface area contributed by atoms with Gasteiger partial charge in [0.25, 0.3) is 0 Å². The van der Waals surface area contributed by atoms with Crippen molar-refractivity contribution >= 4 is 5.78 Å². The van der Waals surface area contributed by atoms with Crippen LogP contribution in [0.3, 0.4) is 0 Å². The lowest BCUT2D eigenvalue weighted by Gasteiger charge is -2.11. The molecule has 0 saturated carbocycles. The van der Waals surface area contributed by atoms with E-state index in [2.05, 4.69) is 0 Å². The predicted octanol–water partition coefficient (Wildman–Crippen LogP) is 3.55. The summed E-state index contributed by atoms with van der Waals surface area (Å²) in [4.78, 5) is 11.9. The van der Waals surface area contributed by atoms with E-state index >= 15 is 0 Å². The monoisotopic (exact) mass is 294 g/mol. The Labute approximate surface area is 119 Å². The van der Waals surface area contributed by atoms with E-state index in [0.717, 1.165) is 12.1 Å². The number of alkyl halides is 3. The minimum Gasteiger partial charge on any atom is -0.381 e. The highest BCUT2D eigenvalue weighted by Gasteiger charge is 2.30. The number of halogens is 3. The molecule has 0 saturated heterocycles. The Morgan fingerprint density at radius 2 is 1.71 bits per heavy atom.